The van der Waals surface area contributed by atoms with E-state index < -0.39 is 17.5 Å². The second kappa shape index (κ2) is 6.49. The van der Waals surface area contributed by atoms with Gasteiger partial charge in [-0.05, 0) is 26.0 Å². The smallest absolute Gasteiger partial charge is 0.339 e. The van der Waals surface area contributed by atoms with E-state index in [1.54, 1.807) is 38.1 Å². The molecule has 1 aromatic carbocycles. The van der Waals surface area contributed by atoms with Crippen molar-refractivity contribution >= 4 is 23.7 Å². The predicted molar refractivity (Wildman–Crippen MR) is 76.0 cm³/mol. The quantitative estimate of drug-likeness (QED) is 0.631. The number of carbonyl (C=O) groups is 2. The van der Waals surface area contributed by atoms with Gasteiger partial charge in [-0.1, -0.05) is 35.9 Å². The highest BCUT2D eigenvalue weighted by Gasteiger charge is 2.38. The Morgan fingerprint density at radius 2 is 2.10 bits per heavy atom. The molecule has 3 atom stereocenters. The van der Waals surface area contributed by atoms with Crippen molar-refractivity contribution in [1.29, 1.82) is 0 Å². The maximum atomic E-state index is 12.0. The van der Waals surface area contributed by atoms with E-state index in [0.29, 0.717) is 5.56 Å². The molecule has 1 aliphatic heterocycles. The van der Waals surface area contributed by atoms with Crippen LogP contribution in [0.3, 0.4) is 0 Å². The van der Waals surface area contributed by atoms with Gasteiger partial charge < -0.3 is 9.47 Å². The highest BCUT2D eigenvalue weighted by Crippen LogP contribution is 2.31. The summed E-state index contributed by atoms with van der Waals surface area (Å²) in [6, 6.07) is 8.65. The van der Waals surface area contributed by atoms with Gasteiger partial charge in [-0.2, -0.15) is 0 Å². The van der Waals surface area contributed by atoms with Crippen molar-refractivity contribution in [2.75, 3.05) is 0 Å². The molecule has 2 unspecified atom stereocenters. The first kappa shape index (κ1) is 14.5. The highest BCUT2D eigenvalue weighted by atomic mass is 32.2. The average Bonchev–Trinajstić information content (AvgIpc) is 2.79. The van der Waals surface area contributed by atoms with Gasteiger partial charge in [0.1, 0.15) is 5.25 Å². The molecular weight excluding hydrogens is 276 g/mol. The van der Waals surface area contributed by atoms with Crippen molar-refractivity contribution in [2.24, 2.45) is 0 Å². The van der Waals surface area contributed by atoms with E-state index in [1.165, 1.54) is 11.8 Å². The van der Waals surface area contributed by atoms with Crippen LogP contribution in [0.1, 0.15) is 24.2 Å². The van der Waals surface area contributed by atoms with Crippen LogP contribution >= 0.6 is 11.8 Å². The molecule has 5 heteroatoms. The molecule has 0 saturated carbocycles. The number of rotatable bonds is 3. The normalized spacial score (nSPS) is 22.4. The molecule has 1 fully saturated rings. The lowest BCUT2D eigenvalue weighted by Crippen LogP contribution is -2.28. The van der Waals surface area contributed by atoms with Gasteiger partial charge in [-0.3, -0.25) is 4.79 Å². The molecule has 1 aliphatic rings. The van der Waals surface area contributed by atoms with Gasteiger partial charge in [0.25, 0.3) is 0 Å². The lowest BCUT2D eigenvalue weighted by atomic mass is 10.2. The molecule has 0 aliphatic carbocycles. The van der Waals surface area contributed by atoms with Gasteiger partial charge in [-0.15, -0.1) is 5.92 Å². The van der Waals surface area contributed by atoms with E-state index in [2.05, 4.69) is 11.8 Å². The van der Waals surface area contributed by atoms with Gasteiger partial charge in [0, 0.05) is 0 Å². The summed E-state index contributed by atoms with van der Waals surface area (Å²) in [5.74, 6) is 4.69. The van der Waals surface area contributed by atoms with Gasteiger partial charge in [0.2, 0.25) is 6.10 Å². The fourth-order valence-electron chi connectivity index (χ4n) is 1.68. The van der Waals surface area contributed by atoms with Crippen LogP contribution in [0, 0.1) is 11.8 Å². The Labute approximate surface area is 121 Å². The number of hydrogen-bond donors (Lipinski definition) is 0. The minimum atomic E-state index is -0.758. The molecule has 104 valence electrons. The second-order valence-corrected chi connectivity index (χ2v) is 5.61. The number of cyclic esters (lactones) is 1. The molecule has 0 bridgehead atoms. The fraction of sp³-hybridized carbons (Fsp3) is 0.333. The van der Waals surface area contributed by atoms with E-state index in [4.69, 9.17) is 9.47 Å². The highest BCUT2D eigenvalue weighted by molar-refractivity contribution is 8.01. The summed E-state index contributed by atoms with van der Waals surface area (Å²) in [6.07, 6.45) is -0.758. The van der Waals surface area contributed by atoms with Crippen molar-refractivity contribution in [3.05, 3.63) is 35.9 Å². The Morgan fingerprint density at radius 1 is 1.40 bits per heavy atom. The van der Waals surface area contributed by atoms with E-state index in [9.17, 15) is 9.59 Å². The molecule has 0 N–H and O–H groups in total. The van der Waals surface area contributed by atoms with Crippen molar-refractivity contribution in [3.63, 3.8) is 0 Å². The molecule has 0 radical (unpaired) electrons. The van der Waals surface area contributed by atoms with Crippen molar-refractivity contribution in [2.45, 2.75) is 30.6 Å². The van der Waals surface area contributed by atoms with E-state index >= 15 is 0 Å². The summed E-state index contributed by atoms with van der Waals surface area (Å²) < 4.78 is 10.5. The number of carbonyl (C=O) groups excluding carboxylic acids is 2. The van der Waals surface area contributed by atoms with E-state index in [-0.39, 0.29) is 11.2 Å². The third-order valence-corrected chi connectivity index (χ3v) is 3.89. The number of hydrogen-bond acceptors (Lipinski definition) is 5. The van der Waals surface area contributed by atoms with Crippen LogP contribution in [0.5, 0.6) is 0 Å². The fourth-order valence-corrected chi connectivity index (χ4v) is 2.67. The van der Waals surface area contributed by atoms with Crippen LogP contribution in [0.15, 0.2) is 30.3 Å². The Balaban J connectivity index is 2.08. The summed E-state index contributed by atoms with van der Waals surface area (Å²) in [4.78, 5) is 23.4. The lowest BCUT2D eigenvalue weighted by molar-refractivity contribution is -0.144. The van der Waals surface area contributed by atoms with Crippen molar-refractivity contribution in [3.8, 4) is 11.8 Å². The molecule has 0 spiro atoms. The first-order valence-corrected chi connectivity index (χ1v) is 7.10. The zero-order valence-corrected chi connectivity index (χ0v) is 12.0. The first-order valence-electron chi connectivity index (χ1n) is 6.16. The van der Waals surface area contributed by atoms with Crippen LogP contribution in [-0.2, 0) is 14.3 Å². The summed E-state index contributed by atoms with van der Waals surface area (Å²) in [7, 11) is 0. The first-order chi connectivity index (χ1) is 9.61. The third kappa shape index (κ3) is 3.34. The maximum Gasteiger partial charge on any atom is 0.339 e. The summed E-state index contributed by atoms with van der Waals surface area (Å²) in [5, 5.41) is -0.267. The minimum Gasteiger partial charge on any atom is -0.445 e. The molecule has 20 heavy (non-hydrogen) atoms. The SMILES string of the molecule is CC#CC(OC(=O)c1ccccc1)C1OC(=O)[C@H](C)S1. The van der Waals surface area contributed by atoms with Crippen molar-refractivity contribution < 1.29 is 19.1 Å². The maximum absolute atomic E-state index is 12.0. The molecule has 1 saturated heterocycles. The Bertz CT molecular complexity index is 558. The number of benzene rings is 1. The molecule has 4 nitrogen and oxygen atoms in total. The Kier molecular flexibility index (Phi) is 4.70. The van der Waals surface area contributed by atoms with E-state index in [1.807, 2.05) is 6.07 Å². The zero-order chi connectivity index (χ0) is 14.5. The topological polar surface area (TPSA) is 52.6 Å². The van der Waals surface area contributed by atoms with Gasteiger partial charge in [0.15, 0.2) is 5.44 Å². The molecule has 1 heterocycles. The third-order valence-electron chi connectivity index (χ3n) is 2.68. The molecule has 1 aromatic rings. The summed E-state index contributed by atoms with van der Waals surface area (Å²) >= 11 is 1.31. The molecule has 0 aromatic heterocycles. The van der Waals surface area contributed by atoms with Gasteiger partial charge in [-0.25, -0.2) is 4.79 Å². The van der Waals surface area contributed by atoms with Crippen LogP contribution < -0.4 is 0 Å². The summed E-state index contributed by atoms with van der Waals surface area (Å²) in [6.45, 7) is 3.40. The molecule has 2 rings (SSSR count). The second-order valence-electron chi connectivity index (χ2n) is 4.17. The average molecular weight is 290 g/mol. The van der Waals surface area contributed by atoms with Gasteiger partial charge in [0.05, 0.1) is 5.56 Å². The number of ether oxygens (including phenoxy) is 2. The van der Waals surface area contributed by atoms with E-state index in [0.717, 1.165) is 0 Å². The molecule has 0 amide bonds. The Morgan fingerprint density at radius 3 is 2.65 bits per heavy atom. The number of thioether (sulfide) groups is 1. The molecular formula is C15H14O4S. The van der Waals surface area contributed by atoms with Crippen LogP contribution in [0.25, 0.3) is 0 Å². The Hall–Kier alpha value is -1.93. The lowest BCUT2D eigenvalue weighted by Gasteiger charge is -2.17. The minimum absolute atomic E-state index is 0.267. The van der Waals surface area contributed by atoms with Crippen LogP contribution in [0.4, 0.5) is 0 Å². The largest absolute Gasteiger partial charge is 0.445 e. The van der Waals surface area contributed by atoms with Crippen LogP contribution in [0.2, 0.25) is 0 Å². The standard InChI is InChI=1S/C15H14O4S/c1-3-7-12(15-19-13(16)10(2)20-15)18-14(17)11-8-5-4-6-9-11/h4-6,8-10,12,15H,1-2H3/t10-,12?,15?/m0/s1. The predicted octanol–water partition coefficient (Wildman–Crippen LogP) is 2.24. The van der Waals surface area contributed by atoms with Gasteiger partial charge >= 0.3 is 11.9 Å². The monoisotopic (exact) mass is 290 g/mol. The number of esters is 2. The summed E-state index contributed by atoms with van der Waals surface area (Å²) in [5.41, 5.74) is -0.129. The van der Waals surface area contributed by atoms with Crippen molar-refractivity contribution in [1.82, 2.24) is 0 Å². The zero-order valence-electron chi connectivity index (χ0n) is 11.2. The van der Waals surface area contributed by atoms with Crippen LogP contribution in [-0.4, -0.2) is 28.7 Å².